The molecule has 1 unspecified atom stereocenters. The van der Waals surface area contributed by atoms with Crippen LogP contribution in [0.4, 0.5) is 0 Å². The first-order valence-corrected chi connectivity index (χ1v) is 7.87. The molecule has 1 fully saturated rings. The van der Waals surface area contributed by atoms with E-state index < -0.39 is 11.2 Å². The number of piperidine rings is 1. The van der Waals surface area contributed by atoms with Crippen LogP contribution in [0.15, 0.2) is 0 Å². The predicted octanol–water partition coefficient (Wildman–Crippen LogP) is 2.26. The van der Waals surface area contributed by atoms with Gasteiger partial charge in [0.15, 0.2) is 11.0 Å². The van der Waals surface area contributed by atoms with Gasteiger partial charge in [0.1, 0.15) is 4.32 Å². The van der Waals surface area contributed by atoms with Crippen LogP contribution in [0, 0.1) is 5.92 Å². The summed E-state index contributed by atoms with van der Waals surface area (Å²) in [5.41, 5.74) is 0. The highest BCUT2D eigenvalue weighted by atomic mass is 32.2. The Morgan fingerprint density at radius 2 is 2.00 bits per heavy atom. The van der Waals surface area contributed by atoms with Crippen LogP contribution >= 0.6 is 24.0 Å². The zero-order valence-electron chi connectivity index (χ0n) is 11.7. The fourth-order valence-electron chi connectivity index (χ4n) is 1.88. The summed E-state index contributed by atoms with van der Waals surface area (Å²) >= 11 is 6.48. The number of esters is 1. The number of carbonyl (C=O) groups excluding carboxylic acids is 2. The third-order valence-corrected chi connectivity index (χ3v) is 4.90. The lowest BCUT2D eigenvalue weighted by atomic mass is 10.00. The number of Topliss-reactive ketones (excluding diaryl/α,β-unsaturated/α-hetero) is 1. The summed E-state index contributed by atoms with van der Waals surface area (Å²) in [6.07, 6.45) is 2.20. The van der Waals surface area contributed by atoms with Crippen molar-refractivity contribution in [2.24, 2.45) is 5.92 Å². The fraction of sp³-hybridized carbons (Fsp3) is 0.769. The van der Waals surface area contributed by atoms with E-state index in [2.05, 4.69) is 11.8 Å². The molecule has 1 heterocycles. The lowest BCUT2D eigenvalue weighted by Crippen LogP contribution is -2.38. The van der Waals surface area contributed by atoms with E-state index in [-0.39, 0.29) is 12.4 Å². The van der Waals surface area contributed by atoms with E-state index in [4.69, 9.17) is 17.0 Å². The Labute approximate surface area is 124 Å². The Balaban J connectivity index is 2.56. The van der Waals surface area contributed by atoms with Crippen LogP contribution < -0.4 is 0 Å². The molecule has 0 bridgehead atoms. The van der Waals surface area contributed by atoms with Crippen molar-refractivity contribution in [3.8, 4) is 0 Å². The van der Waals surface area contributed by atoms with E-state index >= 15 is 0 Å². The first kappa shape index (κ1) is 16.4. The Hall–Kier alpha value is -0.620. The minimum Gasteiger partial charge on any atom is -0.465 e. The van der Waals surface area contributed by atoms with Crippen molar-refractivity contribution >= 4 is 40.1 Å². The minimum atomic E-state index is -0.827. The molecule has 1 aliphatic heterocycles. The van der Waals surface area contributed by atoms with Crippen LogP contribution in [0.1, 0.15) is 33.6 Å². The van der Waals surface area contributed by atoms with Gasteiger partial charge in [0.2, 0.25) is 0 Å². The van der Waals surface area contributed by atoms with Gasteiger partial charge in [-0.25, -0.2) is 0 Å². The Morgan fingerprint density at radius 3 is 2.47 bits per heavy atom. The van der Waals surface area contributed by atoms with Crippen LogP contribution in [0.2, 0.25) is 0 Å². The number of thiocarbonyl (C=S) groups is 1. The minimum absolute atomic E-state index is 0.212. The van der Waals surface area contributed by atoms with Gasteiger partial charge >= 0.3 is 5.97 Å². The molecule has 1 atom stereocenters. The molecule has 0 aliphatic carbocycles. The molecule has 0 N–H and O–H groups in total. The van der Waals surface area contributed by atoms with Crippen LogP contribution in [0.25, 0.3) is 0 Å². The highest BCUT2D eigenvalue weighted by molar-refractivity contribution is 8.24. The molecule has 0 amide bonds. The molecule has 108 valence electrons. The molecular weight excluding hydrogens is 282 g/mol. The number of rotatable bonds is 4. The molecule has 19 heavy (non-hydrogen) atoms. The van der Waals surface area contributed by atoms with Crippen molar-refractivity contribution in [3.05, 3.63) is 0 Å². The summed E-state index contributed by atoms with van der Waals surface area (Å²) in [5, 5.41) is -0.827. The summed E-state index contributed by atoms with van der Waals surface area (Å²) in [4.78, 5) is 25.3. The van der Waals surface area contributed by atoms with E-state index in [1.54, 1.807) is 6.92 Å². The number of likely N-dealkylation sites (tertiary alicyclic amines) is 1. The number of thioether (sulfide) groups is 1. The maximum Gasteiger partial charge on any atom is 0.327 e. The normalized spacial score (nSPS) is 17.9. The Morgan fingerprint density at radius 1 is 1.42 bits per heavy atom. The molecule has 6 heteroatoms. The Kier molecular flexibility index (Phi) is 6.79. The highest BCUT2D eigenvalue weighted by Gasteiger charge is 2.29. The molecular formula is C13H21NO3S2. The summed E-state index contributed by atoms with van der Waals surface area (Å²) in [6.45, 7) is 7.43. The average molecular weight is 303 g/mol. The quantitative estimate of drug-likeness (QED) is 0.451. The molecule has 0 aromatic heterocycles. The SMILES string of the molecule is CCOC(=O)C(SC(=S)N1CCC(C)CC1)C(C)=O. The van der Waals surface area contributed by atoms with Crippen molar-refractivity contribution in [2.75, 3.05) is 19.7 Å². The van der Waals surface area contributed by atoms with Gasteiger partial charge in [-0.15, -0.1) is 0 Å². The summed E-state index contributed by atoms with van der Waals surface area (Å²) < 4.78 is 5.54. The molecule has 1 aliphatic rings. The monoisotopic (exact) mass is 303 g/mol. The van der Waals surface area contributed by atoms with Crippen molar-refractivity contribution in [1.82, 2.24) is 4.90 Å². The lowest BCUT2D eigenvalue weighted by molar-refractivity contribution is -0.144. The molecule has 0 spiro atoms. The number of ketones is 1. The topological polar surface area (TPSA) is 46.6 Å². The van der Waals surface area contributed by atoms with Gasteiger partial charge in [0.25, 0.3) is 0 Å². The standard InChI is InChI=1S/C13H21NO3S2/c1-4-17-12(16)11(10(3)15)19-13(18)14-7-5-9(2)6-8-14/h9,11H,4-8H2,1-3H3. The van der Waals surface area contributed by atoms with Crippen molar-refractivity contribution in [1.29, 1.82) is 0 Å². The third kappa shape index (κ3) is 5.10. The van der Waals surface area contributed by atoms with Crippen molar-refractivity contribution in [3.63, 3.8) is 0 Å². The Bertz CT molecular complexity index is 352. The highest BCUT2D eigenvalue weighted by Crippen LogP contribution is 2.23. The second kappa shape index (κ2) is 7.85. The third-order valence-electron chi connectivity index (χ3n) is 3.13. The first-order valence-electron chi connectivity index (χ1n) is 6.58. The number of nitrogens with zero attached hydrogens (tertiary/aromatic N) is 1. The van der Waals surface area contributed by atoms with Crippen LogP contribution in [-0.2, 0) is 14.3 Å². The van der Waals surface area contributed by atoms with Crippen LogP contribution in [0.3, 0.4) is 0 Å². The molecule has 1 rings (SSSR count). The average Bonchev–Trinajstić information content (AvgIpc) is 2.36. The molecule has 0 saturated carbocycles. The van der Waals surface area contributed by atoms with Crippen molar-refractivity contribution < 1.29 is 14.3 Å². The number of hydrogen-bond acceptors (Lipinski definition) is 5. The zero-order chi connectivity index (χ0) is 14.4. The van der Waals surface area contributed by atoms with Gasteiger partial charge in [0, 0.05) is 13.1 Å². The maximum absolute atomic E-state index is 11.7. The smallest absolute Gasteiger partial charge is 0.327 e. The van der Waals surface area contributed by atoms with E-state index in [0.717, 1.165) is 43.6 Å². The first-order chi connectivity index (χ1) is 8.95. The van der Waals surface area contributed by atoms with Gasteiger partial charge in [-0.3, -0.25) is 9.59 Å². The van der Waals surface area contributed by atoms with E-state index in [1.165, 1.54) is 6.92 Å². The molecule has 1 saturated heterocycles. The predicted molar refractivity (Wildman–Crippen MR) is 81.3 cm³/mol. The van der Waals surface area contributed by atoms with E-state index in [0.29, 0.717) is 4.32 Å². The van der Waals surface area contributed by atoms with Crippen LogP contribution in [-0.4, -0.2) is 45.9 Å². The second-order valence-electron chi connectivity index (χ2n) is 4.80. The lowest BCUT2D eigenvalue weighted by Gasteiger charge is -2.32. The molecule has 0 radical (unpaired) electrons. The van der Waals surface area contributed by atoms with Gasteiger partial charge < -0.3 is 9.64 Å². The molecule has 4 nitrogen and oxygen atoms in total. The van der Waals surface area contributed by atoms with Gasteiger partial charge in [-0.2, -0.15) is 0 Å². The summed E-state index contributed by atoms with van der Waals surface area (Å²) in [5.74, 6) is 0.0154. The van der Waals surface area contributed by atoms with Gasteiger partial charge in [-0.1, -0.05) is 30.9 Å². The van der Waals surface area contributed by atoms with Gasteiger partial charge in [0.05, 0.1) is 6.61 Å². The summed E-state index contributed by atoms with van der Waals surface area (Å²) in [7, 11) is 0. The van der Waals surface area contributed by atoms with Gasteiger partial charge in [-0.05, 0) is 32.6 Å². The van der Waals surface area contributed by atoms with Crippen molar-refractivity contribution in [2.45, 2.75) is 38.9 Å². The number of hydrogen-bond donors (Lipinski definition) is 0. The number of carbonyl (C=O) groups is 2. The van der Waals surface area contributed by atoms with Crippen LogP contribution in [0.5, 0.6) is 0 Å². The van der Waals surface area contributed by atoms with E-state index in [9.17, 15) is 9.59 Å². The number of ether oxygens (including phenoxy) is 1. The second-order valence-corrected chi connectivity index (χ2v) is 6.53. The largest absolute Gasteiger partial charge is 0.465 e. The maximum atomic E-state index is 11.7. The molecule has 0 aromatic rings. The summed E-state index contributed by atoms with van der Waals surface area (Å²) in [6, 6.07) is 0. The van der Waals surface area contributed by atoms with E-state index in [1.807, 2.05) is 0 Å². The zero-order valence-corrected chi connectivity index (χ0v) is 13.3. The molecule has 0 aromatic carbocycles. The fourth-order valence-corrected chi connectivity index (χ4v) is 3.22.